The van der Waals surface area contributed by atoms with Crippen LogP contribution in [-0.2, 0) is 10.0 Å². The van der Waals surface area contributed by atoms with E-state index >= 15 is 0 Å². The number of benzene rings is 1. The van der Waals surface area contributed by atoms with Gasteiger partial charge in [-0.05, 0) is 25.1 Å². The summed E-state index contributed by atoms with van der Waals surface area (Å²) < 4.78 is 39.5. The van der Waals surface area contributed by atoms with E-state index in [1.807, 2.05) is 0 Å². The van der Waals surface area contributed by atoms with Crippen molar-refractivity contribution < 1.29 is 12.8 Å². The van der Waals surface area contributed by atoms with Crippen LogP contribution in [-0.4, -0.2) is 13.4 Å². The van der Waals surface area contributed by atoms with Crippen LogP contribution >= 0.6 is 11.3 Å². The van der Waals surface area contributed by atoms with Gasteiger partial charge >= 0.3 is 0 Å². The Labute approximate surface area is 108 Å². The predicted octanol–water partition coefficient (Wildman–Crippen LogP) is 1.97. The fraction of sp³-hybridized carbons (Fsp3) is 0.100. The second-order valence-electron chi connectivity index (χ2n) is 3.54. The molecule has 0 unspecified atom stereocenters. The molecule has 0 spiro atoms. The van der Waals surface area contributed by atoms with Crippen molar-refractivity contribution in [2.75, 3.05) is 10.5 Å². The van der Waals surface area contributed by atoms with Crippen LogP contribution < -0.4 is 10.5 Å². The zero-order chi connectivity index (χ0) is 13.3. The summed E-state index contributed by atoms with van der Waals surface area (Å²) in [6.45, 7) is 1.69. The zero-order valence-electron chi connectivity index (χ0n) is 9.34. The zero-order valence-corrected chi connectivity index (χ0v) is 11.0. The number of rotatable bonds is 3. The van der Waals surface area contributed by atoms with Crippen LogP contribution in [0.25, 0.3) is 0 Å². The summed E-state index contributed by atoms with van der Waals surface area (Å²) >= 11 is 1.01. The molecule has 5 nitrogen and oxygen atoms in total. The van der Waals surface area contributed by atoms with Crippen LogP contribution in [0, 0.1) is 12.7 Å². The molecule has 2 aromatic rings. The number of anilines is 2. The minimum absolute atomic E-state index is 0.0295. The summed E-state index contributed by atoms with van der Waals surface area (Å²) in [7, 11) is -3.82. The Balaban J connectivity index is 2.36. The van der Waals surface area contributed by atoms with Crippen molar-refractivity contribution in [2.45, 2.75) is 11.1 Å². The van der Waals surface area contributed by atoms with Gasteiger partial charge in [0.25, 0.3) is 10.0 Å². The first kappa shape index (κ1) is 12.8. The van der Waals surface area contributed by atoms with Crippen LogP contribution in [0.1, 0.15) is 5.01 Å². The third-order valence-electron chi connectivity index (χ3n) is 2.10. The molecule has 0 bridgehead atoms. The molecule has 18 heavy (non-hydrogen) atoms. The van der Waals surface area contributed by atoms with E-state index in [0.717, 1.165) is 17.4 Å². The third-order valence-corrected chi connectivity index (χ3v) is 4.84. The fourth-order valence-corrected chi connectivity index (χ4v) is 3.45. The first-order chi connectivity index (χ1) is 8.38. The van der Waals surface area contributed by atoms with E-state index in [1.54, 1.807) is 6.92 Å². The molecule has 96 valence electrons. The molecule has 1 aromatic heterocycles. The van der Waals surface area contributed by atoms with Gasteiger partial charge in [-0.3, -0.25) is 4.72 Å². The first-order valence-corrected chi connectivity index (χ1v) is 7.19. The van der Waals surface area contributed by atoms with Gasteiger partial charge in [-0.2, -0.15) is 0 Å². The molecule has 0 aliphatic rings. The highest BCUT2D eigenvalue weighted by Crippen LogP contribution is 2.24. The van der Waals surface area contributed by atoms with Crippen molar-refractivity contribution in [1.82, 2.24) is 4.98 Å². The smallest absolute Gasteiger partial charge is 0.273 e. The van der Waals surface area contributed by atoms with Gasteiger partial charge in [-0.25, -0.2) is 17.8 Å². The number of hydrogen-bond acceptors (Lipinski definition) is 5. The molecular formula is C10H10FN3O2S2. The standard InChI is InChI=1S/C10H10FN3O2S2/c1-6-13-5-10(17-6)18(15,16)14-9-4-7(12)2-3-8(9)11/h2-5,14H,12H2,1H3. The van der Waals surface area contributed by atoms with Crippen LogP contribution in [0.2, 0.25) is 0 Å². The number of hydrogen-bond donors (Lipinski definition) is 2. The number of halogens is 1. The number of nitrogens with two attached hydrogens (primary N) is 1. The van der Waals surface area contributed by atoms with E-state index in [0.29, 0.717) is 5.01 Å². The van der Waals surface area contributed by atoms with Crippen molar-refractivity contribution in [1.29, 1.82) is 0 Å². The third kappa shape index (κ3) is 2.59. The topological polar surface area (TPSA) is 85.1 Å². The summed E-state index contributed by atoms with van der Waals surface area (Å²) in [6, 6.07) is 3.68. The van der Waals surface area contributed by atoms with E-state index in [2.05, 4.69) is 9.71 Å². The number of thiazole rings is 1. The Morgan fingerprint density at radius 1 is 1.44 bits per heavy atom. The average Bonchev–Trinajstić information content (AvgIpc) is 2.71. The molecule has 0 saturated heterocycles. The molecule has 0 aliphatic heterocycles. The lowest BCUT2D eigenvalue weighted by molar-refractivity contribution is 0.600. The van der Waals surface area contributed by atoms with Crippen molar-refractivity contribution in [2.24, 2.45) is 0 Å². The second-order valence-corrected chi connectivity index (χ2v) is 6.69. The van der Waals surface area contributed by atoms with Crippen LogP contribution in [0.5, 0.6) is 0 Å². The van der Waals surface area contributed by atoms with Gasteiger partial charge in [0, 0.05) is 5.69 Å². The lowest BCUT2D eigenvalue weighted by Crippen LogP contribution is -2.12. The SMILES string of the molecule is Cc1ncc(S(=O)(=O)Nc2cc(N)ccc2F)s1. The molecule has 3 N–H and O–H groups in total. The summed E-state index contributed by atoms with van der Waals surface area (Å²) in [5, 5.41) is 0.614. The van der Waals surface area contributed by atoms with Gasteiger partial charge in [-0.1, -0.05) is 0 Å². The van der Waals surface area contributed by atoms with Crippen molar-refractivity contribution in [3.63, 3.8) is 0 Å². The lowest BCUT2D eigenvalue weighted by atomic mass is 10.3. The highest BCUT2D eigenvalue weighted by atomic mass is 32.2. The van der Waals surface area contributed by atoms with E-state index in [9.17, 15) is 12.8 Å². The second kappa shape index (κ2) is 4.54. The minimum atomic E-state index is -3.82. The molecule has 1 aromatic carbocycles. The van der Waals surface area contributed by atoms with Gasteiger partial charge in [0.05, 0.1) is 16.9 Å². The van der Waals surface area contributed by atoms with Crippen molar-refractivity contribution >= 4 is 32.7 Å². The van der Waals surface area contributed by atoms with Gasteiger partial charge in [0.1, 0.15) is 5.82 Å². The molecule has 0 aliphatic carbocycles. The molecule has 0 atom stereocenters. The monoisotopic (exact) mass is 287 g/mol. The van der Waals surface area contributed by atoms with E-state index in [4.69, 9.17) is 5.73 Å². The Morgan fingerprint density at radius 3 is 2.78 bits per heavy atom. The Kier molecular flexibility index (Phi) is 3.22. The fourth-order valence-electron chi connectivity index (χ4n) is 1.28. The van der Waals surface area contributed by atoms with Gasteiger partial charge in [0.15, 0.2) is 4.21 Å². The summed E-state index contributed by atoms with van der Waals surface area (Å²) in [6.07, 6.45) is 1.23. The predicted molar refractivity (Wildman–Crippen MR) is 68.5 cm³/mol. The highest BCUT2D eigenvalue weighted by Gasteiger charge is 2.18. The maximum Gasteiger partial charge on any atom is 0.273 e. The summed E-state index contributed by atoms with van der Waals surface area (Å²) in [5.74, 6) is -0.686. The molecule has 8 heteroatoms. The summed E-state index contributed by atoms with van der Waals surface area (Å²) in [5.41, 5.74) is 5.57. The molecule has 0 radical (unpaired) electrons. The van der Waals surface area contributed by atoms with E-state index in [1.165, 1.54) is 18.3 Å². The van der Waals surface area contributed by atoms with Crippen LogP contribution in [0.15, 0.2) is 28.6 Å². The summed E-state index contributed by atoms with van der Waals surface area (Å²) in [4.78, 5) is 3.85. The number of sulfonamides is 1. The number of nitrogen functional groups attached to an aromatic ring is 1. The molecule has 0 fully saturated rings. The van der Waals surface area contributed by atoms with Gasteiger partial charge in [-0.15, -0.1) is 11.3 Å². The minimum Gasteiger partial charge on any atom is -0.399 e. The van der Waals surface area contributed by atoms with E-state index < -0.39 is 15.8 Å². The normalized spacial score (nSPS) is 11.4. The molecular weight excluding hydrogens is 277 g/mol. The van der Waals surface area contributed by atoms with Crippen LogP contribution in [0.3, 0.4) is 0 Å². The van der Waals surface area contributed by atoms with Gasteiger partial charge < -0.3 is 5.73 Å². The lowest BCUT2D eigenvalue weighted by Gasteiger charge is -2.07. The number of nitrogens with zero attached hydrogens (tertiary/aromatic N) is 1. The van der Waals surface area contributed by atoms with Gasteiger partial charge in [0.2, 0.25) is 0 Å². The van der Waals surface area contributed by atoms with Crippen molar-refractivity contribution in [3.05, 3.63) is 35.2 Å². The van der Waals surface area contributed by atoms with Crippen molar-refractivity contribution in [3.8, 4) is 0 Å². The number of nitrogens with one attached hydrogen (secondary N) is 1. The Morgan fingerprint density at radius 2 is 2.17 bits per heavy atom. The maximum absolute atomic E-state index is 13.4. The molecule has 1 heterocycles. The first-order valence-electron chi connectivity index (χ1n) is 4.89. The van der Waals surface area contributed by atoms with Crippen LogP contribution in [0.4, 0.5) is 15.8 Å². The molecule has 0 amide bonds. The largest absolute Gasteiger partial charge is 0.399 e. The van der Waals surface area contributed by atoms with E-state index in [-0.39, 0.29) is 15.6 Å². The highest BCUT2D eigenvalue weighted by molar-refractivity contribution is 7.94. The Hall–Kier alpha value is -1.67. The number of aryl methyl sites for hydroxylation is 1. The number of aromatic nitrogens is 1. The maximum atomic E-state index is 13.4. The Bertz CT molecular complexity index is 682. The quantitative estimate of drug-likeness (QED) is 0.845. The molecule has 2 rings (SSSR count). The molecule has 0 saturated carbocycles. The average molecular weight is 287 g/mol.